The molecule has 0 aliphatic carbocycles. The van der Waals surface area contributed by atoms with Gasteiger partial charge in [0, 0.05) is 48.4 Å². The molecule has 5 N–H and O–H groups in total. The Hall–Kier alpha value is -4.95. The summed E-state index contributed by atoms with van der Waals surface area (Å²) >= 11 is 5.54. The maximum Gasteiger partial charge on any atom is 0.417 e. The molecule has 1 atom stereocenters. The first kappa shape index (κ1) is 68.3. The number of halogens is 5. The number of likely N-dealkylation sites (tertiary alicyclic amines) is 1. The number of benzene rings is 4. The summed E-state index contributed by atoms with van der Waals surface area (Å²) in [5, 5.41) is 3.67. The third-order valence-electron chi connectivity index (χ3n) is 8.79. The van der Waals surface area contributed by atoms with Crippen LogP contribution in [0.4, 0.5) is 22.4 Å². The number of ketones is 2. The SMILES string of the molecule is CC.CC.CC.CC.CC(C)(C)OC(=O)N1CCCCC1=O.Clc1ccccc1.FC1(F)CCCNC1c1ccccc1.NCCC(F)(F)C(=O)c1ccccc1.NCCCC(=O)c1ccccc1. The summed E-state index contributed by atoms with van der Waals surface area (Å²) in [7, 11) is 0. The van der Waals surface area contributed by atoms with Gasteiger partial charge in [-0.15, -0.1) is 0 Å². The highest BCUT2D eigenvalue weighted by Gasteiger charge is 2.42. The molecule has 0 aromatic heterocycles. The van der Waals surface area contributed by atoms with Gasteiger partial charge in [0.05, 0.1) is 6.04 Å². The van der Waals surface area contributed by atoms with Crippen LogP contribution in [0.1, 0.15) is 160 Å². The second-order valence-corrected chi connectivity index (χ2v) is 15.5. The number of amides is 2. The van der Waals surface area contributed by atoms with Crippen LogP contribution in [0, 0.1) is 0 Å². The minimum absolute atomic E-state index is 0.0143. The minimum atomic E-state index is -3.35. The van der Waals surface area contributed by atoms with Crippen LogP contribution >= 0.6 is 11.6 Å². The van der Waals surface area contributed by atoms with Crippen molar-refractivity contribution in [3.8, 4) is 0 Å². The number of piperidine rings is 2. The lowest BCUT2D eigenvalue weighted by Gasteiger charge is -2.32. The van der Waals surface area contributed by atoms with Crippen LogP contribution in [0.2, 0.25) is 5.02 Å². The molecule has 4 aromatic carbocycles. The first-order valence-electron chi connectivity index (χ1n) is 24.3. The Balaban J connectivity index is -0.000000769. The van der Waals surface area contributed by atoms with Crippen LogP contribution in [0.3, 0.4) is 0 Å². The van der Waals surface area contributed by atoms with Gasteiger partial charge in [0.2, 0.25) is 11.7 Å². The smallest absolute Gasteiger partial charge is 0.417 e. The fourth-order valence-corrected chi connectivity index (χ4v) is 5.87. The fourth-order valence-electron chi connectivity index (χ4n) is 5.73. The van der Waals surface area contributed by atoms with Gasteiger partial charge in [0.1, 0.15) is 5.60 Å². The Labute approximate surface area is 417 Å². The second-order valence-electron chi connectivity index (χ2n) is 15.1. The number of hydrogen-bond donors (Lipinski definition) is 3. The summed E-state index contributed by atoms with van der Waals surface area (Å²) in [6.07, 6.45) is 2.95. The molecule has 9 nitrogen and oxygen atoms in total. The van der Waals surface area contributed by atoms with Gasteiger partial charge < -0.3 is 21.5 Å². The summed E-state index contributed by atoms with van der Waals surface area (Å²) in [4.78, 5) is 46.7. The number of nitrogens with one attached hydrogen (secondary N) is 1. The van der Waals surface area contributed by atoms with Gasteiger partial charge in [0.15, 0.2) is 5.78 Å². The van der Waals surface area contributed by atoms with Crippen molar-refractivity contribution >= 4 is 35.2 Å². The Morgan fingerprint density at radius 2 is 1.17 bits per heavy atom. The van der Waals surface area contributed by atoms with Gasteiger partial charge in [-0.05, 0) is 83.8 Å². The summed E-state index contributed by atoms with van der Waals surface area (Å²) in [6.45, 7) is 22.9. The molecular weight excluding hydrogens is 908 g/mol. The Morgan fingerprint density at radius 3 is 1.58 bits per heavy atom. The van der Waals surface area contributed by atoms with Gasteiger partial charge in [-0.3, -0.25) is 14.4 Å². The van der Waals surface area contributed by atoms with Crippen molar-refractivity contribution < 1.29 is 41.5 Å². The molecule has 4 aromatic rings. The monoisotopic (exact) mass is 991 g/mol. The zero-order valence-electron chi connectivity index (χ0n) is 43.1. The topological polar surface area (TPSA) is 145 Å². The van der Waals surface area contributed by atoms with E-state index in [0.717, 1.165) is 29.8 Å². The molecule has 2 aliphatic heterocycles. The van der Waals surface area contributed by atoms with Crippen LogP contribution in [0.15, 0.2) is 121 Å². The molecule has 388 valence electrons. The van der Waals surface area contributed by atoms with Crippen molar-refractivity contribution in [2.75, 3.05) is 26.2 Å². The zero-order valence-corrected chi connectivity index (χ0v) is 43.9. The van der Waals surface area contributed by atoms with Gasteiger partial charge >= 0.3 is 12.0 Å². The van der Waals surface area contributed by atoms with Gasteiger partial charge in [0.25, 0.3) is 5.92 Å². The summed E-state index contributed by atoms with van der Waals surface area (Å²) in [5.41, 5.74) is 11.2. The maximum absolute atomic E-state index is 13.5. The maximum atomic E-state index is 13.5. The number of imide groups is 1. The van der Waals surface area contributed by atoms with E-state index in [1.807, 2.05) is 122 Å². The Morgan fingerprint density at radius 1 is 0.710 bits per heavy atom. The van der Waals surface area contributed by atoms with Crippen molar-refractivity contribution in [2.45, 2.75) is 151 Å². The van der Waals surface area contributed by atoms with Crippen molar-refractivity contribution in [1.29, 1.82) is 0 Å². The third-order valence-corrected chi connectivity index (χ3v) is 9.04. The highest BCUT2D eigenvalue weighted by Crippen LogP contribution is 2.37. The van der Waals surface area contributed by atoms with E-state index in [1.165, 1.54) is 17.0 Å². The standard InChI is InChI=1S/C11H13F2N.C10H11F2NO.C10H17NO3.C10H13NO.C6H5Cl.4C2H6/c12-11(13)7-4-8-14-10(11)9-5-2-1-3-6-9;11-10(12,6-7-13)9(14)8-4-2-1-3-5-8;1-10(2,3)14-9(13)11-7-5-4-6-8(11)12;11-8-4-7-10(12)9-5-2-1-3-6-9;7-6-4-2-1-3-5-6;4*1-2/h1-3,5-6,10,14H,4,7-8H2;1-5H,6-7,13H2;4-7H2,1-3H3;1-3,5-6H,4,7-8,11H2;1-5H;4*1-2H3. The summed E-state index contributed by atoms with van der Waals surface area (Å²) in [6, 6.07) is 34.4. The predicted octanol–water partition coefficient (Wildman–Crippen LogP) is 14.6. The molecule has 2 aliphatic rings. The van der Waals surface area contributed by atoms with Crippen LogP contribution in [0.5, 0.6) is 0 Å². The molecule has 0 saturated carbocycles. The Kier molecular flexibility index (Phi) is 40.5. The molecule has 2 amide bonds. The fraction of sp³-hybridized carbons (Fsp3) is 0.491. The minimum Gasteiger partial charge on any atom is -0.443 e. The second kappa shape index (κ2) is 40.9. The average molecular weight is 992 g/mol. The van der Waals surface area contributed by atoms with E-state index in [-0.39, 0.29) is 30.2 Å². The van der Waals surface area contributed by atoms with E-state index >= 15 is 0 Å². The van der Waals surface area contributed by atoms with Gasteiger partial charge in [-0.1, -0.05) is 176 Å². The number of alkyl halides is 4. The van der Waals surface area contributed by atoms with Crippen molar-refractivity contribution in [3.05, 3.63) is 143 Å². The molecule has 0 radical (unpaired) electrons. The lowest BCUT2D eigenvalue weighted by atomic mass is 9.94. The van der Waals surface area contributed by atoms with Gasteiger partial charge in [-0.25, -0.2) is 18.5 Å². The molecule has 14 heteroatoms. The normalized spacial score (nSPS) is 14.2. The number of carbonyl (C=O) groups is 4. The first-order valence-corrected chi connectivity index (χ1v) is 24.7. The van der Waals surface area contributed by atoms with E-state index in [0.29, 0.717) is 44.5 Å². The molecule has 0 bridgehead atoms. The number of nitrogens with two attached hydrogens (primary N) is 2. The lowest BCUT2D eigenvalue weighted by Crippen LogP contribution is -2.43. The molecule has 2 fully saturated rings. The molecular formula is C55H83ClF4N4O5. The molecule has 1 unspecified atom stereocenters. The quantitative estimate of drug-likeness (QED) is 0.111. The largest absolute Gasteiger partial charge is 0.443 e. The Bertz CT molecular complexity index is 1870. The lowest BCUT2D eigenvalue weighted by molar-refractivity contribution is -0.132. The van der Waals surface area contributed by atoms with Crippen molar-refractivity contribution in [3.63, 3.8) is 0 Å². The van der Waals surface area contributed by atoms with E-state index in [4.69, 9.17) is 27.8 Å². The highest BCUT2D eigenvalue weighted by atomic mass is 35.5. The third kappa shape index (κ3) is 31.0. The summed E-state index contributed by atoms with van der Waals surface area (Å²) in [5.74, 6) is -7.06. The average Bonchev–Trinajstić information content (AvgIpc) is 3.37. The van der Waals surface area contributed by atoms with Crippen molar-refractivity contribution in [1.82, 2.24) is 10.2 Å². The number of Topliss-reactive ketones (excluding diaryl/α,β-unsaturated/α-hetero) is 2. The van der Waals surface area contributed by atoms with E-state index in [9.17, 15) is 36.7 Å². The number of ether oxygens (including phenoxy) is 1. The van der Waals surface area contributed by atoms with Crippen molar-refractivity contribution in [2.24, 2.45) is 11.5 Å². The molecule has 2 heterocycles. The van der Waals surface area contributed by atoms with E-state index in [1.54, 1.807) is 63.2 Å². The number of hydrogen-bond acceptors (Lipinski definition) is 8. The van der Waals surface area contributed by atoms with E-state index < -0.39 is 41.8 Å². The highest BCUT2D eigenvalue weighted by molar-refractivity contribution is 6.30. The molecule has 0 spiro atoms. The molecule has 69 heavy (non-hydrogen) atoms. The van der Waals surface area contributed by atoms with Crippen LogP contribution in [-0.4, -0.2) is 72.1 Å². The van der Waals surface area contributed by atoms with Crippen LogP contribution in [-0.2, 0) is 9.53 Å². The van der Waals surface area contributed by atoms with Crippen LogP contribution in [0.25, 0.3) is 0 Å². The summed E-state index contributed by atoms with van der Waals surface area (Å²) < 4.78 is 58.2. The number of rotatable bonds is 9. The zero-order chi connectivity index (χ0) is 53.3. The van der Waals surface area contributed by atoms with E-state index in [2.05, 4.69) is 5.32 Å². The number of nitrogens with zero attached hydrogens (tertiary/aromatic N) is 1. The first-order chi connectivity index (χ1) is 32.9. The molecule has 6 rings (SSSR count). The van der Waals surface area contributed by atoms with Gasteiger partial charge in [-0.2, -0.15) is 8.78 Å². The number of carbonyl (C=O) groups excluding carboxylic acids is 4. The predicted molar refractivity (Wildman–Crippen MR) is 278 cm³/mol. The van der Waals surface area contributed by atoms with Crippen LogP contribution < -0.4 is 16.8 Å². The molecule has 2 saturated heterocycles.